The minimum absolute atomic E-state index is 0.272. The number of anilines is 1. The minimum atomic E-state index is -0.272. The molecule has 0 saturated heterocycles. The molecule has 0 unspecified atom stereocenters. The van der Waals surface area contributed by atoms with Gasteiger partial charge < -0.3 is 14.6 Å². The number of hydrogen-bond acceptors (Lipinski definition) is 6. The van der Waals surface area contributed by atoms with Crippen LogP contribution in [0.2, 0.25) is 0 Å². The molecule has 3 aromatic heterocycles. The number of nitrogens with one attached hydrogen (secondary N) is 1. The van der Waals surface area contributed by atoms with E-state index >= 15 is 0 Å². The maximum absolute atomic E-state index is 13.0. The van der Waals surface area contributed by atoms with Gasteiger partial charge in [0.25, 0.3) is 5.91 Å². The lowest BCUT2D eigenvalue weighted by Crippen LogP contribution is -2.15. The van der Waals surface area contributed by atoms with E-state index in [-0.39, 0.29) is 5.91 Å². The van der Waals surface area contributed by atoms with Gasteiger partial charge in [-0.3, -0.25) is 9.20 Å². The summed E-state index contributed by atoms with van der Waals surface area (Å²) < 4.78 is 12.4. The number of benzene rings is 2. The summed E-state index contributed by atoms with van der Waals surface area (Å²) >= 11 is 0. The number of nitrogens with zero attached hydrogens (tertiary/aromatic N) is 4. The molecular weight excluding hydrogens is 418 g/mol. The molecule has 0 fully saturated rings. The Morgan fingerprint density at radius 1 is 1.12 bits per heavy atom. The Morgan fingerprint density at radius 2 is 1.97 bits per heavy atom. The Kier molecular flexibility index (Phi) is 5.32. The molecule has 33 heavy (non-hydrogen) atoms. The van der Waals surface area contributed by atoms with Gasteiger partial charge in [-0.15, -0.1) is 0 Å². The van der Waals surface area contributed by atoms with Gasteiger partial charge in [0.05, 0.1) is 19.7 Å². The fourth-order valence-electron chi connectivity index (χ4n) is 3.55. The first kappa shape index (κ1) is 20.4. The number of aryl methyl sites for hydroxylation is 1. The van der Waals surface area contributed by atoms with Crippen LogP contribution in [0.15, 0.2) is 77.6 Å². The largest absolute Gasteiger partial charge is 0.497 e. The van der Waals surface area contributed by atoms with Crippen molar-refractivity contribution >= 4 is 17.2 Å². The lowest BCUT2D eigenvalue weighted by atomic mass is 10.1. The van der Waals surface area contributed by atoms with Crippen molar-refractivity contribution in [2.45, 2.75) is 13.3 Å². The SMILES string of the molecule is COc1ccn2c(C(=O)Nc3cc(-c4noc(Cc5ccccc5)n4)ccc3C)cnc2c1. The lowest BCUT2D eigenvalue weighted by molar-refractivity contribution is 0.102. The van der Waals surface area contributed by atoms with Gasteiger partial charge >= 0.3 is 0 Å². The number of rotatable bonds is 6. The predicted octanol–water partition coefficient (Wildman–Crippen LogP) is 4.54. The zero-order valence-corrected chi connectivity index (χ0v) is 18.1. The van der Waals surface area contributed by atoms with Crippen LogP contribution in [-0.2, 0) is 6.42 Å². The van der Waals surface area contributed by atoms with Crippen molar-refractivity contribution in [3.05, 3.63) is 95.8 Å². The number of ether oxygens (including phenoxy) is 1. The molecule has 3 heterocycles. The van der Waals surface area contributed by atoms with Gasteiger partial charge in [0, 0.05) is 23.5 Å². The molecule has 0 saturated carbocycles. The Bertz CT molecular complexity index is 1440. The van der Waals surface area contributed by atoms with Crippen molar-refractivity contribution in [3.63, 3.8) is 0 Å². The molecule has 0 spiro atoms. The maximum Gasteiger partial charge on any atom is 0.274 e. The van der Waals surface area contributed by atoms with Crippen LogP contribution >= 0.6 is 0 Å². The zero-order chi connectivity index (χ0) is 22.8. The van der Waals surface area contributed by atoms with Crippen LogP contribution in [0.4, 0.5) is 5.69 Å². The first-order valence-electron chi connectivity index (χ1n) is 10.4. The number of pyridine rings is 1. The van der Waals surface area contributed by atoms with E-state index in [9.17, 15) is 4.79 Å². The number of carbonyl (C=O) groups is 1. The third kappa shape index (κ3) is 4.18. The van der Waals surface area contributed by atoms with Crippen molar-refractivity contribution in [2.75, 3.05) is 12.4 Å². The summed E-state index contributed by atoms with van der Waals surface area (Å²) in [6, 6.07) is 19.2. The van der Waals surface area contributed by atoms with E-state index in [1.54, 1.807) is 36.0 Å². The topological polar surface area (TPSA) is 94.6 Å². The first-order chi connectivity index (χ1) is 16.1. The van der Waals surface area contributed by atoms with Gasteiger partial charge in [-0.25, -0.2) is 4.98 Å². The summed E-state index contributed by atoms with van der Waals surface area (Å²) in [5, 5.41) is 7.09. The van der Waals surface area contributed by atoms with Crippen LogP contribution in [0.5, 0.6) is 5.75 Å². The summed E-state index contributed by atoms with van der Waals surface area (Å²) in [6.07, 6.45) is 3.85. The smallest absolute Gasteiger partial charge is 0.274 e. The molecule has 0 atom stereocenters. The fourth-order valence-corrected chi connectivity index (χ4v) is 3.55. The van der Waals surface area contributed by atoms with Crippen molar-refractivity contribution in [1.82, 2.24) is 19.5 Å². The van der Waals surface area contributed by atoms with E-state index in [1.165, 1.54) is 0 Å². The molecule has 8 heteroatoms. The summed E-state index contributed by atoms with van der Waals surface area (Å²) in [5.41, 5.74) is 4.47. The second-order valence-corrected chi connectivity index (χ2v) is 7.60. The van der Waals surface area contributed by atoms with Crippen LogP contribution in [0, 0.1) is 6.92 Å². The third-order valence-corrected chi connectivity index (χ3v) is 5.36. The monoisotopic (exact) mass is 439 g/mol. The second kappa shape index (κ2) is 8.58. The molecule has 2 aromatic carbocycles. The van der Waals surface area contributed by atoms with Crippen molar-refractivity contribution < 1.29 is 14.1 Å². The van der Waals surface area contributed by atoms with Crippen LogP contribution in [0.1, 0.15) is 27.5 Å². The van der Waals surface area contributed by atoms with Crippen molar-refractivity contribution in [2.24, 2.45) is 0 Å². The Morgan fingerprint density at radius 3 is 2.79 bits per heavy atom. The van der Waals surface area contributed by atoms with Gasteiger partial charge in [-0.2, -0.15) is 4.98 Å². The molecule has 8 nitrogen and oxygen atoms in total. The van der Waals surface area contributed by atoms with E-state index in [0.717, 1.165) is 16.7 Å². The normalized spacial score (nSPS) is 11.0. The molecule has 164 valence electrons. The highest BCUT2D eigenvalue weighted by Crippen LogP contribution is 2.25. The molecule has 0 radical (unpaired) electrons. The van der Waals surface area contributed by atoms with E-state index in [4.69, 9.17) is 9.26 Å². The average molecular weight is 439 g/mol. The standard InChI is InChI=1S/C25H21N5O3/c1-16-8-9-18(24-28-23(33-29-24)12-17-6-4-3-5-7-17)13-20(16)27-25(31)21-15-26-22-14-19(32-2)10-11-30(21)22/h3-11,13-15H,12H2,1-2H3,(H,27,31). The summed E-state index contributed by atoms with van der Waals surface area (Å²) in [4.78, 5) is 21.8. The minimum Gasteiger partial charge on any atom is -0.497 e. The van der Waals surface area contributed by atoms with E-state index in [0.29, 0.717) is 40.9 Å². The van der Waals surface area contributed by atoms with Gasteiger partial charge in [0.1, 0.15) is 17.1 Å². The first-order valence-corrected chi connectivity index (χ1v) is 10.4. The summed E-state index contributed by atoms with van der Waals surface area (Å²) in [5.74, 6) is 1.41. The van der Waals surface area contributed by atoms with Crippen molar-refractivity contribution in [1.29, 1.82) is 0 Å². The van der Waals surface area contributed by atoms with E-state index in [2.05, 4.69) is 20.4 Å². The van der Waals surface area contributed by atoms with E-state index in [1.807, 2.05) is 55.5 Å². The highest BCUT2D eigenvalue weighted by atomic mass is 16.5. The number of aromatic nitrogens is 4. The molecule has 0 aliphatic heterocycles. The molecule has 0 bridgehead atoms. The van der Waals surface area contributed by atoms with Crippen LogP contribution < -0.4 is 10.1 Å². The fraction of sp³-hybridized carbons (Fsp3) is 0.120. The number of methoxy groups -OCH3 is 1. The number of hydrogen-bond donors (Lipinski definition) is 1. The third-order valence-electron chi connectivity index (χ3n) is 5.36. The molecule has 1 N–H and O–H groups in total. The lowest BCUT2D eigenvalue weighted by Gasteiger charge is -2.09. The molecule has 1 amide bonds. The van der Waals surface area contributed by atoms with Gasteiger partial charge in [-0.05, 0) is 30.2 Å². The Hall–Kier alpha value is -4.46. The van der Waals surface area contributed by atoms with Gasteiger partial charge in [-0.1, -0.05) is 47.6 Å². The summed E-state index contributed by atoms with van der Waals surface area (Å²) in [6.45, 7) is 1.93. The number of amides is 1. The van der Waals surface area contributed by atoms with Crippen LogP contribution in [0.25, 0.3) is 17.0 Å². The summed E-state index contributed by atoms with van der Waals surface area (Å²) in [7, 11) is 1.59. The predicted molar refractivity (Wildman–Crippen MR) is 123 cm³/mol. The van der Waals surface area contributed by atoms with Crippen molar-refractivity contribution in [3.8, 4) is 17.1 Å². The maximum atomic E-state index is 13.0. The molecule has 5 aromatic rings. The molecule has 0 aliphatic carbocycles. The van der Waals surface area contributed by atoms with E-state index < -0.39 is 0 Å². The zero-order valence-electron chi connectivity index (χ0n) is 18.1. The number of fused-ring (bicyclic) bond motifs is 1. The number of carbonyl (C=O) groups excluding carboxylic acids is 1. The average Bonchev–Trinajstić information content (AvgIpc) is 3.48. The second-order valence-electron chi connectivity index (χ2n) is 7.60. The molecule has 5 rings (SSSR count). The Balaban J connectivity index is 1.38. The molecular formula is C25H21N5O3. The van der Waals surface area contributed by atoms with Gasteiger partial charge in [0.2, 0.25) is 11.7 Å². The van der Waals surface area contributed by atoms with Crippen LogP contribution in [0.3, 0.4) is 0 Å². The van der Waals surface area contributed by atoms with Crippen LogP contribution in [-0.4, -0.2) is 32.5 Å². The van der Waals surface area contributed by atoms with Gasteiger partial charge in [0.15, 0.2) is 0 Å². The highest BCUT2D eigenvalue weighted by molar-refractivity contribution is 6.04. The number of imidazole rings is 1. The highest BCUT2D eigenvalue weighted by Gasteiger charge is 2.16. The quantitative estimate of drug-likeness (QED) is 0.417. The molecule has 0 aliphatic rings. The Labute approximate surface area is 189 Å².